The molecule has 98 valence electrons. The zero-order valence-corrected chi connectivity index (χ0v) is 10.2. The van der Waals surface area contributed by atoms with Gasteiger partial charge in [-0.05, 0) is 35.4 Å². The second kappa shape index (κ2) is 4.82. The van der Waals surface area contributed by atoms with Gasteiger partial charge in [0.2, 0.25) is 6.79 Å². The lowest BCUT2D eigenvalue weighted by atomic mass is 10.0. The molecule has 0 fully saturated rings. The number of aliphatic hydroxyl groups excluding tert-OH is 1. The fourth-order valence-electron chi connectivity index (χ4n) is 2.09. The molecule has 3 rings (SSSR count). The predicted molar refractivity (Wildman–Crippen MR) is 69.3 cm³/mol. The van der Waals surface area contributed by atoms with Gasteiger partial charge in [0.1, 0.15) is 5.75 Å². The number of ether oxygens (including phenoxy) is 2. The van der Waals surface area contributed by atoms with Crippen molar-refractivity contribution in [2.24, 2.45) is 0 Å². The molecule has 0 radical (unpaired) electrons. The van der Waals surface area contributed by atoms with Crippen LogP contribution in [-0.4, -0.2) is 17.0 Å². The average Bonchev–Trinajstić information content (AvgIpc) is 2.88. The van der Waals surface area contributed by atoms with Gasteiger partial charge >= 0.3 is 0 Å². The van der Waals surface area contributed by atoms with Gasteiger partial charge in [0, 0.05) is 6.42 Å². The minimum absolute atomic E-state index is 0.223. The fraction of sp³-hybridized carbons (Fsp3) is 0.200. The van der Waals surface area contributed by atoms with E-state index in [1.807, 2.05) is 6.07 Å². The maximum absolute atomic E-state index is 10.2. The van der Waals surface area contributed by atoms with Crippen molar-refractivity contribution in [1.82, 2.24) is 0 Å². The van der Waals surface area contributed by atoms with Gasteiger partial charge in [-0.2, -0.15) is 0 Å². The standard InChI is InChI=1S/C15H14O4/c16-12-4-1-10(2-5-12)7-13(17)11-3-6-14-15(8-11)19-9-18-14/h1-6,8,13,16-17H,7,9H2. The van der Waals surface area contributed by atoms with E-state index in [1.165, 1.54) is 0 Å². The van der Waals surface area contributed by atoms with Crippen LogP contribution in [0.3, 0.4) is 0 Å². The first-order chi connectivity index (χ1) is 9.22. The Balaban J connectivity index is 1.76. The minimum atomic E-state index is -0.612. The summed E-state index contributed by atoms with van der Waals surface area (Å²) in [5, 5.41) is 19.4. The summed E-state index contributed by atoms with van der Waals surface area (Å²) in [6.07, 6.45) is -0.126. The molecule has 4 nitrogen and oxygen atoms in total. The molecule has 1 heterocycles. The number of rotatable bonds is 3. The van der Waals surface area contributed by atoms with Gasteiger partial charge in [0.25, 0.3) is 0 Å². The number of phenols is 1. The van der Waals surface area contributed by atoms with Crippen molar-refractivity contribution in [3.63, 3.8) is 0 Å². The Morgan fingerprint density at radius 3 is 2.53 bits per heavy atom. The van der Waals surface area contributed by atoms with Gasteiger partial charge in [-0.25, -0.2) is 0 Å². The van der Waals surface area contributed by atoms with E-state index < -0.39 is 6.10 Å². The number of phenolic OH excluding ortho intramolecular Hbond substituents is 1. The molecule has 0 amide bonds. The van der Waals surface area contributed by atoms with Crippen LogP contribution in [0.1, 0.15) is 17.2 Å². The zero-order valence-electron chi connectivity index (χ0n) is 10.2. The highest BCUT2D eigenvalue weighted by Gasteiger charge is 2.16. The third-order valence-corrected chi connectivity index (χ3v) is 3.15. The van der Waals surface area contributed by atoms with Crippen molar-refractivity contribution in [3.8, 4) is 17.2 Å². The summed E-state index contributed by atoms with van der Waals surface area (Å²) >= 11 is 0. The topological polar surface area (TPSA) is 58.9 Å². The van der Waals surface area contributed by atoms with E-state index in [1.54, 1.807) is 36.4 Å². The molecular weight excluding hydrogens is 244 g/mol. The summed E-state index contributed by atoms with van der Waals surface area (Å²) in [5.74, 6) is 1.60. The number of aliphatic hydroxyl groups is 1. The number of hydrogen-bond acceptors (Lipinski definition) is 4. The van der Waals surface area contributed by atoms with Crippen LogP contribution in [0.15, 0.2) is 42.5 Å². The Morgan fingerprint density at radius 2 is 1.74 bits per heavy atom. The second-order valence-electron chi connectivity index (χ2n) is 4.50. The van der Waals surface area contributed by atoms with Crippen LogP contribution in [0.25, 0.3) is 0 Å². The molecule has 1 aliphatic heterocycles. The van der Waals surface area contributed by atoms with E-state index in [0.717, 1.165) is 11.1 Å². The summed E-state index contributed by atoms with van der Waals surface area (Å²) in [4.78, 5) is 0. The maximum atomic E-state index is 10.2. The van der Waals surface area contributed by atoms with E-state index in [9.17, 15) is 10.2 Å². The molecule has 1 unspecified atom stereocenters. The Morgan fingerprint density at radius 1 is 1.00 bits per heavy atom. The molecule has 2 N–H and O–H groups in total. The molecule has 0 saturated carbocycles. The van der Waals surface area contributed by atoms with E-state index in [-0.39, 0.29) is 12.5 Å². The van der Waals surface area contributed by atoms with Crippen molar-refractivity contribution < 1.29 is 19.7 Å². The molecule has 19 heavy (non-hydrogen) atoms. The molecule has 4 heteroatoms. The van der Waals surface area contributed by atoms with Crippen LogP contribution in [0.4, 0.5) is 0 Å². The summed E-state index contributed by atoms with van der Waals surface area (Å²) in [6.45, 7) is 0.229. The molecule has 0 bridgehead atoms. The lowest BCUT2D eigenvalue weighted by molar-refractivity contribution is 0.171. The van der Waals surface area contributed by atoms with Gasteiger partial charge in [0.15, 0.2) is 11.5 Å². The van der Waals surface area contributed by atoms with Crippen LogP contribution in [-0.2, 0) is 6.42 Å². The molecule has 0 aliphatic carbocycles. The van der Waals surface area contributed by atoms with E-state index in [2.05, 4.69) is 0 Å². The quantitative estimate of drug-likeness (QED) is 0.887. The Kier molecular flexibility index (Phi) is 3.01. The second-order valence-corrected chi connectivity index (χ2v) is 4.50. The predicted octanol–water partition coefficient (Wildman–Crippen LogP) is 2.40. The molecular formula is C15H14O4. The lowest BCUT2D eigenvalue weighted by Gasteiger charge is -2.11. The first-order valence-electron chi connectivity index (χ1n) is 6.08. The summed E-state index contributed by atoms with van der Waals surface area (Å²) in [7, 11) is 0. The third kappa shape index (κ3) is 2.48. The third-order valence-electron chi connectivity index (χ3n) is 3.15. The Hall–Kier alpha value is -2.20. The highest BCUT2D eigenvalue weighted by atomic mass is 16.7. The summed E-state index contributed by atoms with van der Waals surface area (Å²) in [5.41, 5.74) is 1.75. The van der Waals surface area contributed by atoms with E-state index in [0.29, 0.717) is 17.9 Å². The van der Waals surface area contributed by atoms with E-state index >= 15 is 0 Å². The normalized spacial score (nSPS) is 14.4. The smallest absolute Gasteiger partial charge is 0.231 e. The van der Waals surface area contributed by atoms with Crippen molar-refractivity contribution in [2.75, 3.05) is 6.79 Å². The largest absolute Gasteiger partial charge is 0.508 e. The van der Waals surface area contributed by atoms with Crippen molar-refractivity contribution >= 4 is 0 Å². The SMILES string of the molecule is Oc1ccc(CC(O)c2ccc3c(c2)OCO3)cc1. The fourth-order valence-corrected chi connectivity index (χ4v) is 2.09. The van der Waals surface area contributed by atoms with Gasteiger partial charge in [0.05, 0.1) is 6.10 Å². The summed E-state index contributed by atoms with van der Waals surface area (Å²) in [6, 6.07) is 12.3. The van der Waals surface area contributed by atoms with Gasteiger partial charge in [-0.15, -0.1) is 0 Å². The maximum Gasteiger partial charge on any atom is 0.231 e. The Labute approximate surface area is 110 Å². The molecule has 2 aromatic carbocycles. The molecule has 2 aromatic rings. The van der Waals surface area contributed by atoms with Crippen molar-refractivity contribution in [3.05, 3.63) is 53.6 Å². The number of hydrogen-bond donors (Lipinski definition) is 2. The lowest BCUT2D eigenvalue weighted by Crippen LogP contribution is -2.01. The molecule has 1 aliphatic rings. The average molecular weight is 258 g/mol. The van der Waals surface area contributed by atoms with Gasteiger partial charge in [-0.3, -0.25) is 0 Å². The summed E-state index contributed by atoms with van der Waals surface area (Å²) < 4.78 is 10.5. The van der Waals surface area contributed by atoms with Crippen LogP contribution in [0.5, 0.6) is 17.2 Å². The molecule has 0 spiro atoms. The minimum Gasteiger partial charge on any atom is -0.508 e. The number of benzene rings is 2. The van der Waals surface area contributed by atoms with Gasteiger partial charge in [-0.1, -0.05) is 18.2 Å². The van der Waals surface area contributed by atoms with Crippen LogP contribution >= 0.6 is 0 Å². The zero-order chi connectivity index (χ0) is 13.2. The first-order valence-corrected chi connectivity index (χ1v) is 6.08. The molecule has 0 saturated heterocycles. The van der Waals surface area contributed by atoms with Gasteiger partial charge < -0.3 is 19.7 Å². The number of aromatic hydroxyl groups is 1. The van der Waals surface area contributed by atoms with Crippen molar-refractivity contribution in [2.45, 2.75) is 12.5 Å². The molecule has 0 aromatic heterocycles. The first kappa shape index (κ1) is 11.9. The van der Waals surface area contributed by atoms with Crippen LogP contribution in [0.2, 0.25) is 0 Å². The molecule has 1 atom stereocenters. The van der Waals surface area contributed by atoms with E-state index in [4.69, 9.17) is 9.47 Å². The van der Waals surface area contributed by atoms with Crippen LogP contribution < -0.4 is 9.47 Å². The number of fused-ring (bicyclic) bond motifs is 1. The highest BCUT2D eigenvalue weighted by molar-refractivity contribution is 5.45. The highest BCUT2D eigenvalue weighted by Crippen LogP contribution is 2.34. The Bertz CT molecular complexity index is 577. The van der Waals surface area contributed by atoms with Crippen molar-refractivity contribution in [1.29, 1.82) is 0 Å². The van der Waals surface area contributed by atoms with Crippen LogP contribution in [0, 0.1) is 0 Å². The monoisotopic (exact) mass is 258 g/mol.